The molecular weight excluding hydrogens is 358 g/mol. The maximum absolute atomic E-state index is 3.61. The molecule has 24 heavy (non-hydrogen) atoms. The smallest absolute Gasteiger partial charge is 0.0240 e. The van der Waals surface area contributed by atoms with Crippen molar-refractivity contribution in [2.45, 2.75) is 51.2 Å². The van der Waals surface area contributed by atoms with Gasteiger partial charge < -0.3 is 0 Å². The number of halogens is 1. The molecule has 0 unspecified atom stereocenters. The summed E-state index contributed by atoms with van der Waals surface area (Å²) in [5.41, 5.74) is 2.85. The van der Waals surface area contributed by atoms with Crippen molar-refractivity contribution in [1.29, 1.82) is 0 Å². The molecule has 0 radical (unpaired) electrons. The Labute approximate surface area is 155 Å². The Morgan fingerprint density at radius 1 is 0.750 bits per heavy atom. The molecular formula is C22H28BrN. The molecule has 1 fully saturated rings. The van der Waals surface area contributed by atoms with Crippen molar-refractivity contribution in [3.05, 3.63) is 71.8 Å². The van der Waals surface area contributed by atoms with Gasteiger partial charge in [-0.15, -0.1) is 0 Å². The Bertz CT molecular complexity index is 534. The lowest BCUT2D eigenvalue weighted by Gasteiger charge is -2.37. The molecule has 0 spiro atoms. The monoisotopic (exact) mass is 385 g/mol. The maximum Gasteiger partial charge on any atom is 0.0240 e. The molecule has 0 heterocycles. The van der Waals surface area contributed by atoms with E-state index < -0.39 is 0 Å². The summed E-state index contributed by atoms with van der Waals surface area (Å²) in [5.74, 6) is 0.927. The Kier molecular flexibility index (Phi) is 6.92. The van der Waals surface area contributed by atoms with Gasteiger partial charge in [-0.25, -0.2) is 0 Å². The van der Waals surface area contributed by atoms with Crippen molar-refractivity contribution in [3.8, 4) is 0 Å². The second-order valence-corrected chi connectivity index (χ2v) is 7.82. The number of hydrogen-bond acceptors (Lipinski definition) is 1. The summed E-state index contributed by atoms with van der Waals surface area (Å²) in [6, 6.07) is 22.6. The van der Waals surface area contributed by atoms with Gasteiger partial charge in [0, 0.05) is 24.5 Å². The van der Waals surface area contributed by atoms with E-state index in [1.54, 1.807) is 0 Å². The van der Waals surface area contributed by atoms with E-state index >= 15 is 0 Å². The highest BCUT2D eigenvalue weighted by Crippen LogP contribution is 2.31. The van der Waals surface area contributed by atoms with E-state index in [2.05, 4.69) is 81.5 Å². The Balaban J connectivity index is 1.67. The Morgan fingerprint density at radius 3 is 1.71 bits per heavy atom. The second-order valence-electron chi connectivity index (χ2n) is 7.03. The van der Waals surface area contributed by atoms with Crippen molar-refractivity contribution in [2.75, 3.05) is 5.33 Å². The van der Waals surface area contributed by atoms with Crippen LogP contribution in [0.2, 0.25) is 0 Å². The highest BCUT2D eigenvalue weighted by atomic mass is 79.9. The lowest BCUT2D eigenvalue weighted by molar-refractivity contribution is 0.121. The summed E-state index contributed by atoms with van der Waals surface area (Å²) < 4.78 is 0. The van der Waals surface area contributed by atoms with Gasteiger partial charge in [-0.2, -0.15) is 0 Å². The number of hydrogen-bond donors (Lipinski definition) is 0. The largest absolute Gasteiger partial charge is 0.292 e. The van der Waals surface area contributed by atoms with Crippen LogP contribution in [0.5, 0.6) is 0 Å². The molecule has 2 aromatic rings. The number of nitrogens with zero attached hydrogens (tertiary/aromatic N) is 1. The first-order valence-corrected chi connectivity index (χ1v) is 10.3. The summed E-state index contributed by atoms with van der Waals surface area (Å²) in [7, 11) is 0. The van der Waals surface area contributed by atoms with Gasteiger partial charge in [-0.1, -0.05) is 76.6 Å². The first-order valence-electron chi connectivity index (χ1n) is 9.23. The molecule has 0 aromatic heterocycles. The fourth-order valence-corrected chi connectivity index (χ4v) is 4.55. The zero-order chi connectivity index (χ0) is 16.6. The summed E-state index contributed by atoms with van der Waals surface area (Å²) in [4.78, 5) is 2.70. The topological polar surface area (TPSA) is 3.24 Å². The average molecular weight is 386 g/mol. The third-order valence-corrected chi connectivity index (χ3v) is 5.76. The maximum atomic E-state index is 3.61. The van der Waals surface area contributed by atoms with Crippen molar-refractivity contribution in [1.82, 2.24) is 4.90 Å². The molecule has 0 N–H and O–H groups in total. The first kappa shape index (κ1) is 17.7. The van der Waals surface area contributed by atoms with Crippen LogP contribution in [-0.2, 0) is 13.1 Å². The van der Waals surface area contributed by atoms with Crippen LogP contribution in [0, 0.1) is 5.92 Å². The van der Waals surface area contributed by atoms with Gasteiger partial charge in [0.05, 0.1) is 0 Å². The van der Waals surface area contributed by atoms with E-state index in [0.717, 1.165) is 30.4 Å². The number of rotatable bonds is 7. The van der Waals surface area contributed by atoms with Crippen LogP contribution in [0.3, 0.4) is 0 Å². The highest BCUT2D eigenvalue weighted by Gasteiger charge is 2.25. The third kappa shape index (κ3) is 5.19. The van der Waals surface area contributed by atoms with E-state index in [0.29, 0.717) is 0 Å². The lowest BCUT2D eigenvalue weighted by Crippen LogP contribution is -2.37. The molecule has 0 amide bonds. The minimum absolute atomic E-state index is 0.719. The van der Waals surface area contributed by atoms with Crippen molar-refractivity contribution in [2.24, 2.45) is 5.92 Å². The van der Waals surface area contributed by atoms with Gasteiger partial charge in [0.25, 0.3) is 0 Å². The van der Waals surface area contributed by atoms with Crippen LogP contribution in [0.25, 0.3) is 0 Å². The average Bonchev–Trinajstić information content (AvgIpc) is 2.64. The van der Waals surface area contributed by atoms with Crippen LogP contribution in [-0.4, -0.2) is 16.3 Å². The predicted octanol–water partition coefficient (Wildman–Crippen LogP) is 6.03. The summed E-state index contributed by atoms with van der Waals surface area (Å²) >= 11 is 3.61. The second kappa shape index (κ2) is 9.39. The molecule has 0 bridgehead atoms. The van der Waals surface area contributed by atoms with Crippen LogP contribution in [0.4, 0.5) is 0 Å². The molecule has 1 aliphatic rings. The molecule has 1 aliphatic carbocycles. The van der Waals surface area contributed by atoms with Crippen molar-refractivity contribution < 1.29 is 0 Å². The van der Waals surface area contributed by atoms with Gasteiger partial charge in [0.1, 0.15) is 0 Å². The number of alkyl halides is 1. The minimum atomic E-state index is 0.719. The minimum Gasteiger partial charge on any atom is -0.292 e. The molecule has 0 atom stereocenters. The molecule has 0 saturated heterocycles. The van der Waals surface area contributed by atoms with Gasteiger partial charge in [-0.05, 0) is 49.1 Å². The van der Waals surface area contributed by atoms with E-state index in [1.165, 1.54) is 43.2 Å². The summed E-state index contributed by atoms with van der Waals surface area (Å²) in [6.45, 7) is 2.12. The van der Waals surface area contributed by atoms with Crippen LogP contribution in [0.1, 0.15) is 43.2 Å². The quantitative estimate of drug-likeness (QED) is 0.525. The number of benzene rings is 2. The summed E-state index contributed by atoms with van der Waals surface area (Å²) in [6.07, 6.45) is 6.80. The zero-order valence-electron chi connectivity index (χ0n) is 14.4. The van der Waals surface area contributed by atoms with E-state index in [4.69, 9.17) is 0 Å². The van der Waals surface area contributed by atoms with E-state index in [1.807, 2.05) is 0 Å². The van der Waals surface area contributed by atoms with Gasteiger partial charge >= 0.3 is 0 Å². The molecule has 2 aromatic carbocycles. The molecule has 3 rings (SSSR count). The lowest BCUT2D eigenvalue weighted by atomic mass is 9.83. The molecule has 0 aliphatic heterocycles. The fourth-order valence-electron chi connectivity index (χ4n) is 3.90. The fraction of sp³-hybridized carbons (Fsp3) is 0.455. The Morgan fingerprint density at radius 2 is 1.25 bits per heavy atom. The van der Waals surface area contributed by atoms with Gasteiger partial charge in [0.2, 0.25) is 0 Å². The summed E-state index contributed by atoms with van der Waals surface area (Å²) in [5, 5.41) is 1.15. The molecule has 1 saturated carbocycles. The first-order chi connectivity index (χ1) is 11.8. The van der Waals surface area contributed by atoms with Gasteiger partial charge in [-0.3, -0.25) is 4.90 Å². The standard InChI is InChI=1S/C22H28BrN/c23-16-15-19-11-13-22(14-12-19)24(17-20-7-3-1-4-8-20)18-21-9-5-2-6-10-21/h1-10,19,22H,11-18H2. The molecule has 2 heteroatoms. The van der Waals surface area contributed by atoms with Crippen molar-refractivity contribution >= 4 is 15.9 Å². The van der Waals surface area contributed by atoms with Crippen LogP contribution < -0.4 is 0 Å². The molecule has 128 valence electrons. The van der Waals surface area contributed by atoms with E-state index in [-0.39, 0.29) is 0 Å². The van der Waals surface area contributed by atoms with Gasteiger partial charge in [0.15, 0.2) is 0 Å². The van der Waals surface area contributed by atoms with Crippen LogP contribution >= 0.6 is 15.9 Å². The normalized spacial score (nSPS) is 21.1. The Hall–Kier alpha value is -1.12. The zero-order valence-corrected chi connectivity index (χ0v) is 16.0. The SMILES string of the molecule is BrCCC1CCC(N(Cc2ccccc2)Cc2ccccc2)CC1. The van der Waals surface area contributed by atoms with Crippen LogP contribution in [0.15, 0.2) is 60.7 Å². The third-order valence-electron chi connectivity index (χ3n) is 5.31. The van der Waals surface area contributed by atoms with Crippen molar-refractivity contribution in [3.63, 3.8) is 0 Å². The van der Waals surface area contributed by atoms with E-state index in [9.17, 15) is 0 Å². The predicted molar refractivity (Wildman–Crippen MR) is 106 cm³/mol. The highest BCUT2D eigenvalue weighted by molar-refractivity contribution is 9.09. The molecule has 1 nitrogen and oxygen atoms in total.